The van der Waals surface area contributed by atoms with Crippen LogP contribution in [0.3, 0.4) is 0 Å². The molecule has 3 heteroatoms. The maximum absolute atomic E-state index is 12.7. The molecule has 4 unspecified atom stereocenters. The molecular formula is C21H36N2O. The number of aliphatic imine (C=N–C) groups is 1. The van der Waals surface area contributed by atoms with Crippen LogP contribution in [0.25, 0.3) is 0 Å². The molecule has 0 saturated heterocycles. The molecular weight excluding hydrogens is 296 g/mol. The van der Waals surface area contributed by atoms with E-state index in [9.17, 15) is 4.79 Å². The monoisotopic (exact) mass is 332 g/mol. The maximum atomic E-state index is 12.7. The van der Waals surface area contributed by atoms with Gasteiger partial charge in [0.05, 0.1) is 0 Å². The van der Waals surface area contributed by atoms with Crippen LogP contribution in [0, 0.1) is 17.8 Å². The van der Waals surface area contributed by atoms with Crippen molar-refractivity contribution in [2.45, 2.75) is 72.3 Å². The molecule has 1 aliphatic carbocycles. The van der Waals surface area contributed by atoms with Crippen molar-refractivity contribution >= 4 is 11.6 Å². The largest absolute Gasteiger partial charge is 0.348 e. The zero-order valence-corrected chi connectivity index (χ0v) is 16.3. The van der Waals surface area contributed by atoms with E-state index in [1.165, 1.54) is 19.3 Å². The summed E-state index contributed by atoms with van der Waals surface area (Å²) in [5.74, 6) is 1.98. The third-order valence-corrected chi connectivity index (χ3v) is 5.58. The van der Waals surface area contributed by atoms with Crippen molar-refractivity contribution in [3.05, 3.63) is 24.3 Å². The van der Waals surface area contributed by atoms with Gasteiger partial charge in [0.1, 0.15) is 5.71 Å². The van der Waals surface area contributed by atoms with Crippen molar-refractivity contribution in [2.24, 2.45) is 22.7 Å². The Morgan fingerprint density at radius 1 is 1.12 bits per heavy atom. The minimum absolute atomic E-state index is 0.0499. The van der Waals surface area contributed by atoms with Gasteiger partial charge in [0.25, 0.3) is 5.91 Å². The van der Waals surface area contributed by atoms with E-state index in [0.29, 0.717) is 11.6 Å². The summed E-state index contributed by atoms with van der Waals surface area (Å²) in [6, 6.07) is 0.246. The van der Waals surface area contributed by atoms with E-state index >= 15 is 0 Å². The number of carbonyl (C=O) groups excluding carboxylic acids is 1. The third kappa shape index (κ3) is 6.26. The molecule has 4 atom stereocenters. The lowest BCUT2D eigenvalue weighted by atomic mass is 9.79. The number of nitrogens with zero attached hydrogens (tertiary/aromatic N) is 1. The minimum atomic E-state index is -0.0499. The molecule has 0 aromatic carbocycles. The predicted molar refractivity (Wildman–Crippen MR) is 104 cm³/mol. The van der Waals surface area contributed by atoms with Crippen LogP contribution < -0.4 is 5.32 Å². The van der Waals surface area contributed by atoms with Gasteiger partial charge in [-0.1, -0.05) is 53.2 Å². The van der Waals surface area contributed by atoms with E-state index in [2.05, 4.69) is 44.6 Å². The molecule has 24 heavy (non-hydrogen) atoms. The molecule has 0 heterocycles. The first-order valence-corrected chi connectivity index (χ1v) is 9.53. The highest BCUT2D eigenvalue weighted by atomic mass is 16.1. The van der Waals surface area contributed by atoms with Crippen molar-refractivity contribution in [3.8, 4) is 0 Å². The van der Waals surface area contributed by atoms with Gasteiger partial charge >= 0.3 is 0 Å². The zero-order chi connectivity index (χ0) is 18.1. The van der Waals surface area contributed by atoms with Crippen LogP contribution in [0.5, 0.6) is 0 Å². The molecule has 0 radical (unpaired) electrons. The van der Waals surface area contributed by atoms with Gasteiger partial charge in [0.15, 0.2) is 0 Å². The van der Waals surface area contributed by atoms with Crippen LogP contribution in [0.1, 0.15) is 66.2 Å². The first-order valence-electron chi connectivity index (χ1n) is 9.53. The zero-order valence-electron chi connectivity index (χ0n) is 16.3. The van der Waals surface area contributed by atoms with E-state index < -0.39 is 0 Å². The normalized spacial score (nSPS) is 29.5. The number of allylic oxidation sites excluding steroid dienone is 2. The molecule has 136 valence electrons. The average molecular weight is 333 g/mol. The van der Waals surface area contributed by atoms with E-state index in [1.807, 2.05) is 12.2 Å². The Hall–Kier alpha value is -1.38. The molecule has 0 aromatic rings. The van der Waals surface area contributed by atoms with Crippen LogP contribution in [0.4, 0.5) is 0 Å². The van der Waals surface area contributed by atoms with Gasteiger partial charge in [-0.05, 0) is 55.1 Å². The third-order valence-electron chi connectivity index (χ3n) is 5.58. The molecule has 1 saturated carbocycles. The van der Waals surface area contributed by atoms with Crippen LogP contribution >= 0.6 is 0 Å². The molecule has 0 aromatic heterocycles. The summed E-state index contributed by atoms with van der Waals surface area (Å²) in [6.45, 7) is 12.9. The Kier molecular flexibility index (Phi) is 9.02. The minimum Gasteiger partial charge on any atom is -0.348 e. The highest BCUT2D eigenvalue weighted by Crippen LogP contribution is 2.30. The van der Waals surface area contributed by atoms with Crippen LogP contribution in [-0.4, -0.2) is 24.7 Å². The molecule has 0 bridgehead atoms. The molecule has 1 rings (SSSR count). The summed E-state index contributed by atoms with van der Waals surface area (Å²) in [5, 5.41) is 3.25. The van der Waals surface area contributed by atoms with Gasteiger partial charge in [-0.2, -0.15) is 0 Å². The second-order valence-corrected chi connectivity index (χ2v) is 7.45. The van der Waals surface area contributed by atoms with Crippen molar-refractivity contribution in [1.82, 2.24) is 5.32 Å². The number of carbonyl (C=O) groups is 1. The fourth-order valence-corrected chi connectivity index (χ4v) is 3.41. The van der Waals surface area contributed by atoms with Crippen LogP contribution in [-0.2, 0) is 4.79 Å². The van der Waals surface area contributed by atoms with Crippen LogP contribution in [0.15, 0.2) is 29.3 Å². The fourth-order valence-electron chi connectivity index (χ4n) is 3.41. The first kappa shape index (κ1) is 20.7. The topological polar surface area (TPSA) is 41.5 Å². The molecule has 1 aliphatic rings. The van der Waals surface area contributed by atoms with Crippen molar-refractivity contribution in [3.63, 3.8) is 0 Å². The van der Waals surface area contributed by atoms with Gasteiger partial charge in [0, 0.05) is 13.1 Å². The van der Waals surface area contributed by atoms with E-state index in [0.717, 1.165) is 36.7 Å². The van der Waals surface area contributed by atoms with Gasteiger partial charge < -0.3 is 5.32 Å². The van der Waals surface area contributed by atoms with Crippen LogP contribution in [0.2, 0.25) is 0 Å². The van der Waals surface area contributed by atoms with Gasteiger partial charge in [0.2, 0.25) is 0 Å². The van der Waals surface area contributed by atoms with Crippen molar-refractivity contribution in [2.75, 3.05) is 7.05 Å². The summed E-state index contributed by atoms with van der Waals surface area (Å²) < 4.78 is 0. The molecule has 3 nitrogen and oxygen atoms in total. The molecule has 1 N–H and O–H groups in total. The Bertz CT molecular complexity index is 478. The molecule has 0 aliphatic heterocycles. The summed E-state index contributed by atoms with van der Waals surface area (Å²) in [7, 11) is 1.68. The fraction of sp³-hybridized carbons (Fsp3) is 0.714. The quantitative estimate of drug-likeness (QED) is 0.543. The Labute approximate surface area is 148 Å². The molecule has 1 amide bonds. The first-order chi connectivity index (χ1) is 11.4. The lowest BCUT2D eigenvalue weighted by Crippen LogP contribution is -2.43. The summed E-state index contributed by atoms with van der Waals surface area (Å²) >= 11 is 0. The SMILES string of the molecule is C=CC(=CC(=NC)C(=O)NC1CCC(C)C(C)CCC1C)CCC. The predicted octanol–water partition coefficient (Wildman–Crippen LogP) is 4.94. The van der Waals surface area contributed by atoms with Crippen molar-refractivity contribution < 1.29 is 4.79 Å². The van der Waals surface area contributed by atoms with Crippen molar-refractivity contribution in [1.29, 1.82) is 0 Å². The second-order valence-electron chi connectivity index (χ2n) is 7.45. The van der Waals surface area contributed by atoms with Gasteiger partial charge in [-0.25, -0.2) is 0 Å². The Morgan fingerprint density at radius 2 is 1.71 bits per heavy atom. The van der Waals surface area contributed by atoms with E-state index in [4.69, 9.17) is 0 Å². The second kappa shape index (κ2) is 10.5. The highest BCUT2D eigenvalue weighted by Gasteiger charge is 2.26. The summed E-state index contributed by atoms with van der Waals surface area (Å²) in [5.41, 5.74) is 1.58. The standard InChI is InChI=1S/C21H36N2O/c1-7-9-18(8-2)14-20(22-6)21(24)23-19-13-12-16(4)15(3)10-11-17(19)5/h8,14-17,19H,2,7,9-13H2,1,3-6H3,(H,23,24). The summed E-state index contributed by atoms with van der Waals surface area (Å²) in [6.07, 6.45) is 10.3. The number of hydrogen-bond donors (Lipinski definition) is 1. The molecule has 1 fully saturated rings. The maximum Gasteiger partial charge on any atom is 0.269 e. The summed E-state index contributed by atoms with van der Waals surface area (Å²) in [4.78, 5) is 16.9. The number of hydrogen-bond acceptors (Lipinski definition) is 2. The average Bonchev–Trinajstić information content (AvgIpc) is 2.58. The number of nitrogens with one attached hydrogen (secondary N) is 1. The van der Waals surface area contributed by atoms with E-state index in [1.54, 1.807) is 7.05 Å². The Morgan fingerprint density at radius 3 is 2.25 bits per heavy atom. The van der Waals surface area contributed by atoms with Gasteiger partial charge in [-0.3, -0.25) is 9.79 Å². The van der Waals surface area contributed by atoms with Gasteiger partial charge in [-0.15, -0.1) is 0 Å². The Balaban J connectivity index is 2.77. The lowest BCUT2D eigenvalue weighted by molar-refractivity contribution is -0.115. The molecule has 0 spiro atoms. The number of rotatable bonds is 6. The number of amides is 1. The lowest BCUT2D eigenvalue weighted by Gasteiger charge is -2.32. The highest BCUT2D eigenvalue weighted by molar-refractivity contribution is 6.43. The van der Waals surface area contributed by atoms with E-state index in [-0.39, 0.29) is 11.9 Å². The smallest absolute Gasteiger partial charge is 0.269 e.